The molecule has 0 aliphatic carbocycles. The molecule has 1 aromatic heterocycles. The lowest BCUT2D eigenvalue weighted by atomic mass is 10.0. The minimum atomic E-state index is -0.516. The van der Waals surface area contributed by atoms with E-state index in [4.69, 9.17) is 4.74 Å². The number of nitrogens with zero attached hydrogens (tertiary/aromatic N) is 5. The molecule has 10 nitrogen and oxygen atoms in total. The van der Waals surface area contributed by atoms with Crippen LogP contribution in [0.2, 0.25) is 0 Å². The number of morpholine rings is 1. The zero-order valence-electron chi connectivity index (χ0n) is 20.5. The highest BCUT2D eigenvalue weighted by atomic mass is 16.6. The molecule has 0 unspecified atom stereocenters. The van der Waals surface area contributed by atoms with Gasteiger partial charge in [-0.3, -0.25) is 19.7 Å². The van der Waals surface area contributed by atoms with Crippen molar-refractivity contribution in [1.82, 2.24) is 14.7 Å². The Morgan fingerprint density at radius 3 is 2.43 bits per heavy atom. The van der Waals surface area contributed by atoms with Gasteiger partial charge in [-0.05, 0) is 30.3 Å². The Morgan fingerprint density at radius 2 is 1.73 bits per heavy atom. The van der Waals surface area contributed by atoms with Gasteiger partial charge in [0.05, 0.1) is 29.2 Å². The van der Waals surface area contributed by atoms with Crippen LogP contribution < -0.4 is 10.5 Å². The van der Waals surface area contributed by atoms with Crippen LogP contribution in [0.5, 0.6) is 0 Å². The van der Waals surface area contributed by atoms with Gasteiger partial charge in [-0.2, -0.15) is 9.78 Å². The highest BCUT2D eigenvalue weighted by Crippen LogP contribution is 2.31. The number of benzene rings is 3. The van der Waals surface area contributed by atoms with Crippen molar-refractivity contribution in [2.75, 3.05) is 45.3 Å². The second kappa shape index (κ2) is 9.82. The Bertz CT molecular complexity index is 1570. The van der Waals surface area contributed by atoms with Crippen LogP contribution in [-0.4, -0.2) is 65.9 Å². The molecule has 4 aromatic rings. The van der Waals surface area contributed by atoms with Crippen LogP contribution in [0.4, 0.5) is 11.4 Å². The number of ether oxygens (including phenoxy) is 1. The molecule has 0 bridgehead atoms. The van der Waals surface area contributed by atoms with Gasteiger partial charge < -0.3 is 14.5 Å². The molecule has 0 N–H and O–H groups in total. The van der Waals surface area contributed by atoms with Crippen molar-refractivity contribution in [2.45, 2.75) is 0 Å². The van der Waals surface area contributed by atoms with Gasteiger partial charge >= 0.3 is 0 Å². The lowest BCUT2D eigenvalue weighted by Crippen LogP contribution is -2.36. The van der Waals surface area contributed by atoms with Gasteiger partial charge in [0, 0.05) is 55.5 Å². The Hall–Kier alpha value is -4.57. The normalized spacial score (nSPS) is 13.5. The number of carbonyl (C=O) groups is 1. The number of amides is 1. The van der Waals surface area contributed by atoms with E-state index < -0.39 is 10.5 Å². The van der Waals surface area contributed by atoms with Crippen LogP contribution in [0, 0.1) is 10.1 Å². The Morgan fingerprint density at radius 1 is 1.00 bits per heavy atom. The van der Waals surface area contributed by atoms with E-state index in [1.807, 2.05) is 0 Å². The summed E-state index contributed by atoms with van der Waals surface area (Å²) in [7, 11) is 3.34. The number of carbonyl (C=O) groups excluding carboxylic acids is 1. The van der Waals surface area contributed by atoms with Crippen LogP contribution in [0.3, 0.4) is 0 Å². The van der Waals surface area contributed by atoms with Crippen molar-refractivity contribution >= 4 is 28.1 Å². The van der Waals surface area contributed by atoms with Crippen molar-refractivity contribution in [3.05, 3.63) is 92.8 Å². The first-order valence-corrected chi connectivity index (χ1v) is 11.8. The van der Waals surface area contributed by atoms with Crippen LogP contribution in [-0.2, 0) is 4.74 Å². The maximum Gasteiger partial charge on any atom is 0.295 e. The van der Waals surface area contributed by atoms with E-state index in [0.29, 0.717) is 53.9 Å². The molecular weight excluding hydrogens is 474 g/mol. The second-order valence-corrected chi connectivity index (χ2v) is 8.92. The molecular formula is C27H25N5O5. The standard InChI is InChI=1S/C27H25N5O5/c1-29(2)26(33)19-7-5-6-18(16-19)25-21-8-3-4-9-22(21)27(34)31(28-25)24-17-20(10-11-23(24)32(35)36)30-12-14-37-15-13-30/h3-11,16-17H,12-15H2,1-2H3. The number of rotatable bonds is 5. The van der Waals surface area contributed by atoms with E-state index in [2.05, 4.69) is 10.00 Å². The summed E-state index contributed by atoms with van der Waals surface area (Å²) in [5, 5.41) is 17.6. The predicted octanol–water partition coefficient (Wildman–Crippen LogP) is 3.50. The highest BCUT2D eigenvalue weighted by molar-refractivity contribution is 5.98. The minimum Gasteiger partial charge on any atom is -0.378 e. The molecule has 2 heterocycles. The quantitative estimate of drug-likeness (QED) is 0.305. The fourth-order valence-electron chi connectivity index (χ4n) is 4.48. The summed E-state index contributed by atoms with van der Waals surface area (Å²) >= 11 is 0. The average molecular weight is 500 g/mol. The first-order valence-electron chi connectivity index (χ1n) is 11.8. The summed E-state index contributed by atoms with van der Waals surface area (Å²) in [6, 6.07) is 18.7. The summed E-state index contributed by atoms with van der Waals surface area (Å²) in [5.41, 5.74) is 1.63. The van der Waals surface area contributed by atoms with Gasteiger partial charge in [-0.1, -0.05) is 30.3 Å². The van der Waals surface area contributed by atoms with Crippen molar-refractivity contribution in [2.24, 2.45) is 0 Å². The van der Waals surface area contributed by atoms with Crippen molar-refractivity contribution in [1.29, 1.82) is 0 Å². The molecule has 1 aliphatic rings. The fourth-order valence-corrected chi connectivity index (χ4v) is 4.48. The number of nitro groups is 1. The summed E-state index contributed by atoms with van der Waals surface area (Å²) < 4.78 is 6.52. The second-order valence-electron chi connectivity index (χ2n) is 8.92. The molecule has 5 rings (SSSR count). The van der Waals surface area contributed by atoms with Gasteiger partial charge in [0.25, 0.3) is 17.2 Å². The molecule has 1 fully saturated rings. The number of nitro benzene ring substituents is 1. The van der Waals surface area contributed by atoms with Crippen LogP contribution >= 0.6 is 0 Å². The Balaban J connectivity index is 1.76. The molecule has 0 radical (unpaired) electrons. The lowest BCUT2D eigenvalue weighted by Gasteiger charge is -2.29. The van der Waals surface area contributed by atoms with E-state index >= 15 is 0 Å². The first kappa shape index (κ1) is 24.1. The summed E-state index contributed by atoms with van der Waals surface area (Å²) in [4.78, 5) is 41.2. The van der Waals surface area contributed by atoms with Crippen molar-refractivity contribution < 1.29 is 14.5 Å². The average Bonchev–Trinajstić information content (AvgIpc) is 2.93. The summed E-state index contributed by atoms with van der Waals surface area (Å²) in [6.07, 6.45) is 0. The van der Waals surface area contributed by atoms with E-state index in [1.165, 1.54) is 11.0 Å². The topological polar surface area (TPSA) is 111 Å². The molecule has 0 spiro atoms. The molecule has 37 heavy (non-hydrogen) atoms. The smallest absolute Gasteiger partial charge is 0.295 e. The number of hydrogen-bond donors (Lipinski definition) is 0. The van der Waals surface area contributed by atoms with Gasteiger partial charge in [0.2, 0.25) is 0 Å². The van der Waals surface area contributed by atoms with E-state index in [9.17, 15) is 19.7 Å². The summed E-state index contributed by atoms with van der Waals surface area (Å²) in [6.45, 7) is 2.36. The third-order valence-corrected chi connectivity index (χ3v) is 6.35. The molecule has 1 amide bonds. The zero-order chi connectivity index (χ0) is 26.1. The largest absolute Gasteiger partial charge is 0.378 e. The maximum absolute atomic E-state index is 13.6. The summed E-state index contributed by atoms with van der Waals surface area (Å²) in [5.74, 6) is -0.173. The zero-order valence-corrected chi connectivity index (χ0v) is 20.5. The van der Waals surface area contributed by atoms with Crippen molar-refractivity contribution in [3.8, 4) is 16.9 Å². The molecule has 1 saturated heterocycles. The molecule has 0 saturated carbocycles. The molecule has 1 aliphatic heterocycles. The fraction of sp³-hybridized carbons (Fsp3) is 0.222. The highest BCUT2D eigenvalue weighted by Gasteiger charge is 2.23. The van der Waals surface area contributed by atoms with E-state index in [1.54, 1.807) is 74.8 Å². The molecule has 10 heteroatoms. The molecule has 3 aromatic carbocycles. The van der Waals surface area contributed by atoms with E-state index in [0.717, 1.165) is 10.4 Å². The van der Waals surface area contributed by atoms with Gasteiger partial charge in [0.15, 0.2) is 0 Å². The number of aromatic nitrogens is 2. The van der Waals surface area contributed by atoms with Crippen LogP contribution in [0.25, 0.3) is 27.7 Å². The Kier molecular flexibility index (Phi) is 6.41. The Labute approximate surface area is 212 Å². The lowest BCUT2D eigenvalue weighted by molar-refractivity contribution is -0.384. The van der Waals surface area contributed by atoms with E-state index in [-0.39, 0.29) is 17.3 Å². The van der Waals surface area contributed by atoms with Gasteiger partial charge in [0.1, 0.15) is 5.69 Å². The van der Waals surface area contributed by atoms with Crippen molar-refractivity contribution in [3.63, 3.8) is 0 Å². The molecule has 188 valence electrons. The molecule has 0 atom stereocenters. The van der Waals surface area contributed by atoms with Crippen LogP contribution in [0.1, 0.15) is 10.4 Å². The third kappa shape index (κ3) is 4.54. The first-order chi connectivity index (χ1) is 17.8. The maximum atomic E-state index is 13.6. The SMILES string of the molecule is CN(C)C(=O)c1cccc(-c2nn(-c3cc(N4CCOCC4)ccc3[N+](=O)[O-])c(=O)c3ccccc23)c1. The van der Waals surface area contributed by atoms with Gasteiger partial charge in [-0.25, -0.2) is 0 Å². The minimum absolute atomic E-state index is 0.0755. The van der Waals surface area contributed by atoms with Crippen LogP contribution in [0.15, 0.2) is 71.5 Å². The number of fused-ring (bicyclic) bond motifs is 1. The number of hydrogen-bond acceptors (Lipinski definition) is 7. The van der Waals surface area contributed by atoms with Gasteiger partial charge in [-0.15, -0.1) is 0 Å². The third-order valence-electron chi connectivity index (χ3n) is 6.35. The number of anilines is 1. The monoisotopic (exact) mass is 499 g/mol. The predicted molar refractivity (Wildman–Crippen MR) is 140 cm³/mol.